The van der Waals surface area contributed by atoms with Gasteiger partial charge in [0, 0.05) is 40.7 Å². The van der Waals surface area contributed by atoms with Gasteiger partial charge >= 0.3 is 0 Å². The van der Waals surface area contributed by atoms with Crippen LogP contribution >= 0.6 is 11.5 Å². The fraction of sp³-hybridized carbons (Fsp3) is 0.333. The standard InChI is InChI=1S/C24H29FN8S/c1-14(2)19-13-26-23(29-21(19)30-24-31-22(25)34-32-24)28-20-7-6-17(12-15(20)3)16(4)27-18-8-10-33(5)11-9-18/h6-7,12-13,18,27H,1,4,8-11H2,2-3,5H3,(H2,26,28,29,30,32). The van der Waals surface area contributed by atoms with Gasteiger partial charge in [0.25, 0.3) is 5.26 Å². The molecule has 0 bridgehead atoms. The Morgan fingerprint density at radius 1 is 1.15 bits per heavy atom. The number of piperidine rings is 1. The number of halogens is 1. The summed E-state index contributed by atoms with van der Waals surface area (Å²) in [5, 5.41) is 9.18. The summed E-state index contributed by atoms with van der Waals surface area (Å²) in [6.07, 6.45) is 3.90. The van der Waals surface area contributed by atoms with Gasteiger partial charge in [0.2, 0.25) is 11.9 Å². The number of hydrogen-bond donors (Lipinski definition) is 3. The molecule has 178 valence electrons. The van der Waals surface area contributed by atoms with Gasteiger partial charge in [0.1, 0.15) is 5.82 Å². The molecular weight excluding hydrogens is 451 g/mol. The second-order valence-corrected chi connectivity index (χ2v) is 9.29. The molecule has 1 aliphatic rings. The first kappa shape index (κ1) is 23.8. The molecule has 0 radical (unpaired) electrons. The zero-order valence-electron chi connectivity index (χ0n) is 19.7. The lowest BCUT2D eigenvalue weighted by Gasteiger charge is -2.30. The first-order chi connectivity index (χ1) is 16.3. The van der Waals surface area contributed by atoms with Crippen molar-refractivity contribution >= 4 is 46.2 Å². The van der Waals surface area contributed by atoms with Crippen LogP contribution in [0.25, 0.3) is 11.3 Å². The average Bonchev–Trinajstić information content (AvgIpc) is 3.21. The second-order valence-electron chi connectivity index (χ2n) is 8.59. The van der Waals surface area contributed by atoms with Crippen molar-refractivity contribution in [1.29, 1.82) is 0 Å². The quantitative estimate of drug-likeness (QED) is 0.417. The predicted molar refractivity (Wildman–Crippen MR) is 137 cm³/mol. The van der Waals surface area contributed by atoms with Gasteiger partial charge in [-0.25, -0.2) is 4.98 Å². The smallest absolute Gasteiger partial charge is 0.290 e. The summed E-state index contributed by atoms with van der Waals surface area (Å²) in [5.74, 6) is 0.987. The van der Waals surface area contributed by atoms with Gasteiger partial charge in [-0.1, -0.05) is 19.2 Å². The summed E-state index contributed by atoms with van der Waals surface area (Å²) in [6.45, 7) is 14.3. The van der Waals surface area contributed by atoms with Crippen LogP contribution in [-0.2, 0) is 0 Å². The highest BCUT2D eigenvalue weighted by Crippen LogP contribution is 2.27. The molecule has 10 heteroatoms. The molecule has 0 spiro atoms. The number of hydrogen-bond acceptors (Lipinski definition) is 9. The van der Waals surface area contributed by atoms with Crippen LogP contribution in [0.1, 0.15) is 36.5 Å². The van der Waals surface area contributed by atoms with Crippen molar-refractivity contribution in [2.45, 2.75) is 32.7 Å². The third kappa shape index (κ3) is 5.75. The topological polar surface area (TPSA) is 90.9 Å². The Morgan fingerprint density at radius 2 is 1.91 bits per heavy atom. The molecule has 3 N–H and O–H groups in total. The maximum Gasteiger partial charge on any atom is 0.290 e. The molecule has 1 saturated heterocycles. The third-order valence-corrected chi connectivity index (χ3v) is 6.30. The summed E-state index contributed by atoms with van der Waals surface area (Å²) in [4.78, 5) is 15.0. The number of aromatic nitrogens is 4. The van der Waals surface area contributed by atoms with E-state index in [1.807, 2.05) is 26.0 Å². The van der Waals surface area contributed by atoms with E-state index in [0.29, 0.717) is 34.9 Å². The highest BCUT2D eigenvalue weighted by molar-refractivity contribution is 7.03. The van der Waals surface area contributed by atoms with E-state index >= 15 is 0 Å². The Balaban J connectivity index is 1.48. The van der Waals surface area contributed by atoms with E-state index in [1.165, 1.54) is 0 Å². The lowest BCUT2D eigenvalue weighted by Crippen LogP contribution is -2.39. The Labute approximate surface area is 203 Å². The number of benzene rings is 1. The van der Waals surface area contributed by atoms with Crippen molar-refractivity contribution in [3.05, 3.63) is 59.5 Å². The highest BCUT2D eigenvalue weighted by atomic mass is 32.1. The molecule has 0 amide bonds. The molecule has 3 heterocycles. The van der Waals surface area contributed by atoms with Crippen molar-refractivity contribution in [3.63, 3.8) is 0 Å². The molecule has 2 aromatic heterocycles. The Bertz CT molecular complexity index is 1200. The maximum absolute atomic E-state index is 13.3. The molecule has 0 unspecified atom stereocenters. The molecule has 1 aliphatic heterocycles. The molecule has 1 fully saturated rings. The molecule has 3 aromatic rings. The number of nitrogens with one attached hydrogen (secondary N) is 3. The van der Waals surface area contributed by atoms with Gasteiger partial charge in [0.15, 0.2) is 0 Å². The zero-order valence-corrected chi connectivity index (χ0v) is 20.5. The molecule has 8 nitrogen and oxygen atoms in total. The molecule has 0 aliphatic carbocycles. The van der Waals surface area contributed by atoms with Crippen LogP contribution < -0.4 is 16.0 Å². The molecule has 0 atom stereocenters. The number of rotatable bonds is 8. The SMILES string of the molecule is C=C(NC1CCN(C)CC1)c1ccc(Nc2ncc(C(=C)C)c(Nc3nsc(F)n3)n2)c(C)c1. The fourth-order valence-electron chi connectivity index (χ4n) is 3.81. The monoisotopic (exact) mass is 480 g/mol. The van der Waals surface area contributed by atoms with Crippen LogP contribution in [0.15, 0.2) is 37.6 Å². The minimum atomic E-state index is -0.616. The van der Waals surface area contributed by atoms with E-state index < -0.39 is 5.26 Å². The van der Waals surface area contributed by atoms with Crippen molar-refractivity contribution in [1.82, 2.24) is 29.5 Å². The molecule has 34 heavy (non-hydrogen) atoms. The highest BCUT2D eigenvalue weighted by Gasteiger charge is 2.17. The molecular formula is C24H29FN8S. The summed E-state index contributed by atoms with van der Waals surface area (Å²) < 4.78 is 17.2. The number of likely N-dealkylation sites (tertiary alicyclic amines) is 1. The largest absolute Gasteiger partial charge is 0.382 e. The third-order valence-electron chi connectivity index (χ3n) is 5.80. The summed E-state index contributed by atoms with van der Waals surface area (Å²) in [5.41, 5.74) is 5.36. The Morgan fingerprint density at radius 3 is 2.56 bits per heavy atom. The van der Waals surface area contributed by atoms with Crippen molar-refractivity contribution in [2.24, 2.45) is 0 Å². The van der Waals surface area contributed by atoms with Gasteiger partial charge in [-0.15, -0.1) is 0 Å². The summed E-state index contributed by atoms with van der Waals surface area (Å²) >= 11 is 0.675. The van der Waals surface area contributed by atoms with Crippen molar-refractivity contribution in [3.8, 4) is 0 Å². The van der Waals surface area contributed by atoms with E-state index in [-0.39, 0.29) is 5.95 Å². The molecule has 0 saturated carbocycles. The van der Waals surface area contributed by atoms with Gasteiger partial charge in [-0.2, -0.15) is 18.7 Å². The Hall–Kier alpha value is -3.37. The van der Waals surface area contributed by atoms with Crippen molar-refractivity contribution in [2.75, 3.05) is 30.8 Å². The van der Waals surface area contributed by atoms with Gasteiger partial charge in [-0.05, 0) is 75.7 Å². The van der Waals surface area contributed by atoms with Crippen LogP contribution in [0.2, 0.25) is 0 Å². The normalized spacial score (nSPS) is 14.6. The lowest BCUT2D eigenvalue weighted by molar-refractivity contribution is 0.245. The van der Waals surface area contributed by atoms with Crippen LogP contribution in [-0.4, -0.2) is 50.4 Å². The van der Waals surface area contributed by atoms with Crippen LogP contribution in [0.5, 0.6) is 0 Å². The van der Waals surface area contributed by atoms with Gasteiger partial charge in [-0.3, -0.25) is 0 Å². The summed E-state index contributed by atoms with van der Waals surface area (Å²) in [6, 6.07) is 6.57. The lowest BCUT2D eigenvalue weighted by atomic mass is 10.0. The minimum Gasteiger partial charge on any atom is -0.382 e. The maximum atomic E-state index is 13.3. The first-order valence-corrected chi connectivity index (χ1v) is 11.9. The number of aryl methyl sites for hydroxylation is 1. The van der Waals surface area contributed by atoms with E-state index in [4.69, 9.17) is 0 Å². The van der Waals surface area contributed by atoms with Gasteiger partial charge < -0.3 is 20.9 Å². The summed E-state index contributed by atoms with van der Waals surface area (Å²) in [7, 11) is 2.16. The second kappa shape index (κ2) is 10.3. The molecule has 4 rings (SSSR count). The number of anilines is 4. The predicted octanol–water partition coefficient (Wildman–Crippen LogP) is 4.95. The number of nitrogens with zero attached hydrogens (tertiary/aromatic N) is 5. The van der Waals surface area contributed by atoms with E-state index in [9.17, 15) is 4.39 Å². The van der Waals surface area contributed by atoms with Crippen LogP contribution in [0.3, 0.4) is 0 Å². The fourth-order valence-corrected chi connectivity index (χ4v) is 4.18. The minimum absolute atomic E-state index is 0.144. The van der Waals surface area contributed by atoms with Gasteiger partial charge in [0.05, 0.1) is 0 Å². The average molecular weight is 481 g/mol. The number of allylic oxidation sites excluding steroid dienone is 1. The zero-order chi connectivity index (χ0) is 24.2. The first-order valence-electron chi connectivity index (χ1n) is 11.1. The van der Waals surface area contributed by atoms with Crippen molar-refractivity contribution < 1.29 is 4.39 Å². The van der Waals surface area contributed by atoms with Crippen LogP contribution in [0.4, 0.5) is 27.8 Å². The van der Waals surface area contributed by atoms with E-state index in [2.05, 4.69) is 66.4 Å². The Kier molecular flexibility index (Phi) is 7.18. The van der Waals surface area contributed by atoms with E-state index in [0.717, 1.165) is 54.0 Å². The van der Waals surface area contributed by atoms with Crippen LogP contribution in [0, 0.1) is 12.2 Å². The van der Waals surface area contributed by atoms with E-state index in [1.54, 1.807) is 6.20 Å². The molecule has 1 aromatic carbocycles.